The van der Waals surface area contributed by atoms with Gasteiger partial charge in [0.25, 0.3) is 0 Å². The molecule has 0 unspecified atom stereocenters. The highest BCUT2D eigenvalue weighted by molar-refractivity contribution is 9.10. The van der Waals surface area contributed by atoms with Crippen molar-refractivity contribution in [1.82, 2.24) is 0 Å². The highest BCUT2D eigenvalue weighted by atomic mass is 79.9. The lowest BCUT2D eigenvalue weighted by atomic mass is 10.2. The molecule has 0 spiro atoms. The number of halogens is 2. The minimum absolute atomic E-state index is 0.143. The molecule has 0 saturated carbocycles. The fourth-order valence-electron chi connectivity index (χ4n) is 1.70. The van der Waals surface area contributed by atoms with E-state index < -0.39 is 0 Å². The Balaban J connectivity index is 1.92. The van der Waals surface area contributed by atoms with Gasteiger partial charge >= 0.3 is 0 Å². The summed E-state index contributed by atoms with van der Waals surface area (Å²) in [6.07, 6.45) is 0. The van der Waals surface area contributed by atoms with Crippen LogP contribution in [-0.4, -0.2) is 12.5 Å². The summed E-state index contributed by atoms with van der Waals surface area (Å²) in [6, 6.07) is 13.2. The molecule has 0 fully saturated rings. The van der Waals surface area contributed by atoms with Crippen LogP contribution in [0.25, 0.3) is 0 Å². The lowest BCUT2D eigenvalue weighted by Crippen LogP contribution is -2.21. The molecule has 0 aromatic heterocycles. The second-order valence-corrected chi connectivity index (χ2v) is 5.72. The van der Waals surface area contributed by atoms with E-state index in [4.69, 9.17) is 11.6 Å². The van der Waals surface area contributed by atoms with E-state index in [1.807, 2.05) is 43.3 Å². The predicted molar refractivity (Wildman–Crippen MR) is 87.5 cm³/mol. The molecule has 0 radical (unpaired) electrons. The van der Waals surface area contributed by atoms with Crippen LogP contribution < -0.4 is 10.6 Å². The van der Waals surface area contributed by atoms with E-state index in [-0.39, 0.29) is 12.5 Å². The number of benzene rings is 2. The summed E-state index contributed by atoms with van der Waals surface area (Å²) in [5.74, 6) is -0.143. The van der Waals surface area contributed by atoms with Crippen molar-refractivity contribution in [3.8, 4) is 0 Å². The molecule has 0 heterocycles. The Bertz CT molecular complexity index is 631. The van der Waals surface area contributed by atoms with Gasteiger partial charge in [-0.3, -0.25) is 4.79 Å². The smallest absolute Gasteiger partial charge is 0.243 e. The van der Waals surface area contributed by atoms with Crippen molar-refractivity contribution in [1.29, 1.82) is 0 Å². The lowest BCUT2D eigenvalue weighted by molar-refractivity contribution is -0.114. The standard InChI is InChI=1S/C15H14BrClN2O/c1-10-5-6-14(13(17)7-10)19-15(20)9-18-12-4-2-3-11(16)8-12/h2-8,18H,9H2,1H3,(H,19,20). The average molecular weight is 354 g/mol. The van der Waals surface area contributed by atoms with Gasteiger partial charge in [-0.2, -0.15) is 0 Å². The Hall–Kier alpha value is -1.52. The quantitative estimate of drug-likeness (QED) is 0.852. The van der Waals surface area contributed by atoms with Crippen molar-refractivity contribution >= 4 is 44.8 Å². The van der Waals surface area contributed by atoms with Gasteiger partial charge in [0, 0.05) is 10.2 Å². The molecule has 2 N–H and O–H groups in total. The fourth-order valence-corrected chi connectivity index (χ4v) is 2.38. The molecular weight excluding hydrogens is 340 g/mol. The first-order valence-corrected chi connectivity index (χ1v) is 7.27. The Kier molecular flexibility index (Phi) is 5.04. The van der Waals surface area contributed by atoms with Gasteiger partial charge in [0.15, 0.2) is 0 Å². The largest absolute Gasteiger partial charge is 0.376 e. The number of anilines is 2. The average Bonchev–Trinajstić information content (AvgIpc) is 2.40. The molecule has 5 heteroatoms. The number of carbonyl (C=O) groups excluding carboxylic acids is 1. The monoisotopic (exact) mass is 352 g/mol. The van der Waals surface area contributed by atoms with E-state index in [2.05, 4.69) is 26.6 Å². The maximum absolute atomic E-state index is 11.9. The minimum atomic E-state index is -0.143. The number of rotatable bonds is 4. The summed E-state index contributed by atoms with van der Waals surface area (Å²) >= 11 is 9.45. The maximum atomic E-state index is 11.9. The Labute approximate surface area is 131 Å². The summed E-state index contributed by atoms with van der Waals surface area (Å²) in [5.41, 5.74) is 2.56. The topological polar surface area (TPSA) is 41.1 Å². The van der Waals surface area contributed by atoms with Gasteiger partial charge in [-0.25, -0.2) is 0 Å². The molecule has 104 valence electrons. The van der Waals surface area contributed by atoms with E-state index in [9.17, 15) is 4.79 Å². The van der Waals surface area contributed by atoms with Gasteiger partial charge in [0.1, 0.15) is 0 Å². The van der Waals surface area contributed by atoms with Crippen molar-refractivity contribution in [2.24, 2.45) is 0 Å². The van der Waals surface area contributed by atoms with Crippen LogP contribution in [0.1, 0.15) is 5.56 Å². The first kappa shape index (κ1) is 14.9. The molecular formula is C15H14BrClN2O. The first-order chi connectivity index (χ1) is 9.54. The normalized spacial score (nSPS) is 10.2. The molecule has 0 bridgehead atoms. The number of hydrogen-bond donors (Lipinski definition) is 2. The van der Waals surface area contributed by atoms with Crippen LogP contribution in [-0.2, 0) is 4.79 Å². The molecule has 0 aliphatic carbocycles. The summed E-state index contributed by atoms with van der Waals surface area (Å²) in [4.78, 5) is 11.9. The lowest BCUT2D eigenvalue weighted by Gasteiger charge is -2.09. The summed E-state index contributed by atoms with van der Waals surface area (Å²) in [6.45, 7) is 2.13. The first-order valence-electron chi connectivity index (χ1n) is 6.10. The van der Waals surface area contributed by atoms with Crippen LogP contribution >= 0.6 is 27.5 Å². The van der Waals surface area contributed by atoms with E-state index in [1.54, 1.807) is 6.07 Å². The number of aryl methyl sites for hydroxylation is 1. The van der Waals surface area contributed by atoms with Crippen LogP contribution in [0.15, 0.2) is 46.9 Å². The Morgan fingerprint density at radius 3 is 2.75 bits per heavy atom. The van der Waals surface area contributed by atoms with E-state index in [0.29, 0.717) is 10.7 Å². The highest BCUT2D eigenvalue weighted by Crippen LogP contribution is 2.22. The van der Waals surface area contributed by atoms with E-state index >= 15 is 0 Å². The third-order valence-corrected chi connectivity index (χ3v) is 3.48. The second-order valence-electron chi connectivity index (χ2n) is 4.40. The zero-order chi connectivity index (χ0) is 14.5. The van der Waals surface area contributed by atoms with Crippen LogP contribution in [0, 0.1) is 6.92 Å². The summed E-state index contributed by atoms with van der Waals surface area (Å²) < 4.78 is 0.962. The van der Waals surface area contributed by atoms with Crippen molar-refractivity contribution in [3.05, 3.63) is 57.5 Å². The molecule has 3 nitrogen and oxygen atoms in total. The van der Waals surface area contributed by atoms with E-state index in [0.717, 1.165) is 15.7 Å². The number of carbonyl (C=O) groups is 1. The summed E-state index contributed by atoms with van der Waals surface area (Å²) in [7, 11) is 0. The molecule has 1 amide bonds. The third-order valence-electron chi connectivity index (χ3n) is 2.68. The van der Waals surface area contributed by atoms with Crippen molar-refractivity contribution in [3.63, 3.8) is 0 Å². The van der Waals surface area contributed by atoms with Gasteiger partial charge < -0.3 is 10.6 Å². The second kappa shape index (κ2) is 6.77. The van der Waals surface area contributed by atoms with Crippen molar-refractivity contribution in [2.45, 2.75) is 6.92 Å². The van der Waals surface area contributed by atoms with Gasteiger partial charge in [-0.15, -0.1) is 0 Å². The molecule has 20 heavy (non-hydrogen) atoms. The van der Waals surface area contributed by atoms with Crippen molar-refractivity contribution < 1.29 is 4.79 Å². The summed E-state index contributed by atoms with van der Waals surface area (Å²) in [5, 5.41) is 6.37. The number of nitrogens with one attached hydrogen (secondary N) is 2. The minimum Gasteiger partial charge on any atom is -0.376 e. The fraction of sp³-hybridized carbons (Fsp3) is 0.133. The number of amides is 1. The Morgan fingerprint density at radius 1 is 1.25 bits per heavy atom. The zero-order valence-corrected chi connectivity index (χ0v) is 13.3. The maximum Gasteiger partial charge on any atom is 0.243 e. The molecule has 0 aliphatic rings. The SMILES string of the molecule is Cc1ccc(NC(=O)CNc2cccc(Br)c2)c(Cl)c1. The third kappa shape index (κ3) is 4.25. The molecule has 2 aromatic rings. The van der Waals surface area contributed by atoms with Gasteiger partial charge in [-0.05, 0) is 42.8 Å². The van der Waals surface area contributed by atoms with Crippen LogP contribution in [0.2, 0.25) is 5.02 Å². The molecule has 0 saturated heterocycles. The van der Waals surface area contributed by atoms with E-state index in [1.165, 1.54) is 0 Å². The molecule has 2 aromatic carbocycles. The molecule has 2 rings (SSSR count). The van der Waals surface area contributed by atoms with Crippen LogP contribution in [0.4, 0.5) is 11.4 Å². The van der Waals surface area contributed by atoms with Crippen LogP contribution in [0.5, 0.6) is 0 Å². The van der Waals surface area contributed by atoms with Crippen molar-refractivity contribution in [2.75, 3.05) is 17.2 Å². The van der Waals surface area contributed by atoms with Gasteiger partial charge in [0.2, 0.25) is 5.91 Å². The number of hydrogen-bond acceptors (Lipinski definition) is 2. The zero-order valence-electron chi connectivity index (χ0n) is 10.9. The predicted octanol–water partition coefficient (Wildman–Crippen LogP) is 4.46. The van der Waals surface area contributed by atoms with Crippen LogP contribution in [0.3, 0.4) is 0 Å². The molecule has 0 atom stereocenters. The van der Waals surface area contributed by atoms with Gasteiger partial charge in [-0.1, -0.05) is 39.7 Å². The van der Waals surface area contributed by atoms with Gasteiger partial charge in [0.05, 0.1) is 17.3 Å². The Morgan fingerprint density at radius 2 is 2.05 bits per heavy atom. The highest BCUT2D eigenvalue weighted by Gasteiger charge is 2.06. The molecule has 0 aliphatic heterocycles.